The number of hydrogen-bond donors (Lipinski definition) is 0. The average molecular weight is 385 g/mol. The molecule has 5 rings (SSSR count). The molecule has 0 radical (unpaired) electrons. The Labute approximate surface area is 167 Å². The summed E-state index contributed by atoms with van der Waals surface area (Å²) in [5.74, 6) is 1.60. The molecule has 28 heavy (non-hydrogen) atoms. The van der Waals surface area contributed by atoms with Gasteiger partial charge in [-0.05, 0) is 79.8 Å². The zero-order valence-corrected chi connectivity index (χ0v) is 17.3. The van der Waals surface area contributed by atoms with E-state index in [0.717, 1.165) is 32.1 Å². The molecule has 2 saturated carbocycles. The van der Waals surface area contributed by atoms with Gasteiger partial charge in [-0.15, -0.1) is 0 Å². The number of esters is 2. The van der Waals surface area contributed by atoms with Gasteiger partial charge in [-0.25, -0.2) is 0 Å². The predicted octanol–water partition coefficient (Wildman–Crippen LogP) is 4.73. The van der Waals surface area contributed by atoms with E-state index >= 15 is 0 Å². The van der Waals surface area contributed by atoms with Crippen molar-refractivity contribution in [2.24, 2.45) is 28.6 Å². The molecule has 0 aromatic carbocycles. The van der Waals surface area contributed by atoms with Crippen LogP contribution in [0.1, 0.15) is 72.1 Å². The van der Waals surface area contributed by atoms with Gasteiger partial charge in [0.05, 0.1) is 0 Å². The lowest BCUT2D eigenvalue weighted by molar-refractivity contribution is -0.165. The second kappa shape index (κ2) is 5.96. The van der Waals surface area contributed by atoms with Crippen LogP contribution in [0.4, 0.5) is 0 Å². The molecule has 4 nitrogen and oxygen atoms in total. The van der Waals surface area contributed by atoms with E-state index in [1.807, 2.05) is 0 Å². The molecule has 0 bridgehead atoms. The maximum Gasteiger partial charge on any atom is 0.306 e. The van der Waals surface area contributed by atoms with Crippen LogP contribution in [0.15, 0.2) is 23.8 Å². The zero-order valence-electron chi connectivity index (χ0n) is 17.3. The summed E-state index contributed by atoms with van der Waals surface area (Å²) in [6.07, 6.45) is 14.9. The number of carbonyl (C=O) groups excluding carboxylic acids is 2. The molecule has 0 aromatic heterocycles. The van der Waals surface area contributed by atoms with Crippen molar-refractivity contribution >= 4 is 11.9 Å². The van der Waals surface area contributed by atoms with Crippen LogP contribution in [0.25, 0.3) is 0 Å². The predicted molar refractivity (Wildman–Crippen MR) is 105 cm³/mol. The Balaban J connectivity index is 1.46. The lowest BCUT2D eigenvalue weighted by Gasteiger charge is -2.57. The second-order valence-corrected chi connectivity index (χ2v) is 10.3. The molecule has 4 aliphatic carbocycles. The molecule has 0 amide bonds. The molecule has 0 aromatic rings. The number of fused-ring (bicyclic) bond motifs is 6. The van der Waals surface area contributed by atoms with Crippen LogP contribution in [-0.4, -0.2) is 23.6 Å². The SMILES string of the molecule is CC(=O)O[C@H]1C=C2C=C[C@H]3[C@@H](CC[C@@]4(C)[C@H]3CC[C@]43CCC(=O)O3)[C@]2(C)CC1. The summed E-state index contributed by atoms with van der Waals surface area (Å²) in [6.45, 7) is 6.32. The van der Waals surface area contributed by atoms with Crippen molar-refractivity contribution < 1.29 is 19.1 Å². The number of carbonyl (C=O) groups is 2. The fraction of sp³-hybridized carbons (Fsp3) is 0.750. The Hall–Kier alpha value is -1.58. The number of hydrogen-bond acceptors (Lipinski definition) is 4. The van der Waals surface area contributed by atoms with Crippen molar-refractivity contribution in [3.63, 3.8) is 0 Å². The molecule has 4 heteroatoms. The smallest absolute Gasteiger partial charge is 0.306 e. The van der Waals surface area contributed by atoms with Crippen molar-refractivity contribution in [3.8, 4) is 0 Å². The first-order valence-electron chi connectivity index (χ1n) is 11.1. The van der Waals surface area contributed by atoms with E-state index < -0.39 is 0 Å². The highest BCUT2D eigenvalue weighted by molar-refractivity contribution is 5.72. The van der Waals surface area contributed by atoms with Gasteiger partial charge >= 0.3 is 11.9 Å². The van der Waals surface area contributed by atoms with E-state index in [-0.39, 0.29) is 34.5 Å². The third kappa shape index (κ3) is 2.35. The van der Waals surface area contributed by atoms with Crippen LogP contribution in [0.2, 0.25) is 0 Å². The van der Waals surface area contributed by atoms with Crippen LogP contribution in [0.3, 0.4) is 0 Å². The van der Waals surface area contributed by atoms with Gasteiger partial charge in [0.25, 0.3) is 0 Å². The quantitative estimate of drug-likeness (QED) is 0.613. The summed E-state index contributed by atoms with van der Waals surface area (Å²) in [5.41, 5.74) is 1.42. The topological polar surface area (TPSA) is 52.6 Å². The molecule has 3 fully saturated rings. The van der Waals surface area contributed by atoms with Crippen LogP contribution in [0.5, 0.6) is 0 Å². The molecule has 1 saturated heterocycles. The van der Waals surface area contributed by atoms with Crippen molar-refractivity contribution in [2.45, 2.75) is 83.8 Å². The summed E-state index contributed by atoms with van der Waals surface area (Å²) in [4.78, 5) is 23.4. The van der Waals surface area contributed by atoms with E-state index in [2.05, 4.69) is 32.1 Å². The van der Waals surface area contributed by atoms with Gasteiger partial charge in [0.15, 0.2) is 0 Å². The molecule has 0 unspecified atom stereocenters. The summed E-state index contributed by atoms with van der Waals surface area (Å²) >= 11 is 0. The Morgan fingerprint density at radius 3 is 2.61 bits per heavy atom. The first-order valence-corrected chi connectivity index (χ1v) is 11.1. The van der Waals surface area contributed by atoms with Crippen LogP contribution < -0.4 is 0 Å². The third-order valence-corrected chi connectivity index (χ3v) is 9.27. The van der Waals surface area contributed by atoms with E-state index in [1.54, 1.807) is 0 Å². The minimum Gasteiger partial charge on any atom is -0.458 e. The lowest BCUT2D eigenvalue weighted by atomic mass is 9.48. The highest BCUT2D eigenvalue weighted by atomic mass is 16.6. The molecule has 1 aliphatic heterocycles. The molecule has 152 valence electrons. The highest BCUT2D eigenvalue weighted by Crippen LogP contribution is 2.68. The molecular weight excluding hydrogens is 352 g/mol. The summed E-state index contributed by atoms with van der Waals surface area (Å²) in [7, 11) is 0. The number of rotatable bonds is 1. The van der Waals surface area contributed by atoms with E-state index in [9.17, 15) is 9.59 Å². The van der Waals surface area contributed by atoms with Crippen molar-refractivity contribution in [3.05, 3.63) is 23.8 Å². The van der Waals surface area contributed by atoms with Crippen LogP contribution in [0, 0.1) is 28.6 Å². The molecule has 5 aliphatic rings. The fourth-order valence-electron chi connectivity index (χ4n) is 7.73. The second-order valence-electron chi connectivity index (χ2n) is 10.3. The lowest BCUT2D eigenvalue weighted by Crippen LogP contribution is -2.53. The minimum absolute atomic E-state index is 0.00385. The maximum atomic E-state index is 12.0. The summed E-state index contributed by atoms with van der Waals surface area (Å²) in [6, 6.07) is 0. The average Bonchev–Trinajstić information content (AvgIpc) is 3.16. The Kier molecular flexibility index (Phi) is 3.93. The molecule has 7 atom stereocenters. The van der Waals surface area contributed by atoms with Gasteiger partial charge in [0.1, 0.15) is 11.7 Å². The summed E-state index contributed by atoms with van der Waals surface area (Å²) in [5, 5.41) is 0. The van der Waals surface area contributed by atoms with Gasteiger partial charge in [0.2, 0.25) is 0 Å². The van der Waals surface area contributed by atoms with E-state index in [4.69, 9.17) is 9.47 Å². The third-order valence-electron chi connectivity index (χ3n) is 9.27. The van der Waals surface area contributed by atoms with E-state index in [1.165, 1.54) is 25.3 Å². The number of ether oxygens (including phenoxy) is 2. The number of allylic oxidation sites excluding steroid dienone is 3. The fourth-order valence-corrected chi connectivity index (χ4v) is 7.73. The first-order chi connectivity index (χ1) is 13.3. The van der Waals surface area contributed by atoms with Gasteiger partial charge in [-0.1, -0.05) is 26.0 Å². The molecule has 1 heterocycles. The Bertz CT molecular complexity index is 781. The Morgan fingerprint density at radius 1 is 1.11 bits per heavy atom. The van der Waals surface area contributed by atoms with Crippen LogP contribution in [-0.2, 0) is 19.1 Å². The van der Waals surface area contributed by atoms with E-state index in [0.29, 0.717) is 24.2 Å². The van der Waals surface area contributed by atoms with Crippen molar-refractivity contribution in [1.29, 1.82) is 0 Å². The molecular formula is C24H32O4. The first kappa shape index (κ1) is 18.4. The van der Waals surface area contributed by atoms with Gasteiger partial charge < -0.3 is 9.47 Å². The van der Waals surface area contributed by atoms with Gasteiger partial charge in [-0.2, -0.15) is 0 Å². The summed E-state index contributed by atoms with van der Waals surface area (Å²) < 4.78 is 11.5. The van der Waals surface area contributed by atoms with Gasteiger partial charge in [0, 0.05) is 18.8 Å². The van der Waals surface area contributed by atoms with Crippen molar-refractivity contribution in [1.82, 2.24) is 0 Å². The maximum absolute atomic E-state index is 12.0. The van der Waals surface area contributed by atoms with Gasteiger partial charge in [-0.3, -0.25) is 9.59 Å². The highest BCUT2D eigenvalue weighted by Gasteiger charge is 2.66. The minimum atomic E-state index is -0.211. The van der Waals surface area contributed by atoms with Crippen molar-refractivity contribution in [2.75, 3.05) is 0 Å². The molecule has 0 N–H and O–H groups in total. The Morgan fingerprint density at radius 2 is 1.89 bits per heavy atom. The normalized spacial score (nSPS) is 49.1. The zero-order chi connectivity index (χ0) is 19.7. The molecule has 1 spiro atoms. The standard InChI is InChI=1S/C24H32O4/c1-15(25)27-17-6-10-22(2)16(14-17)4-5-18-19(22)7-11-23(3)20(18)8-12-24(23)13-9-21(26)28-24/h4-5,14,17-20H,6-13H2,1-3H3/t17-,18+,19-,20+,22-,23+,24+/m1/s1. The van der Waals surface area contributed by atoms with Crippen LogP contribution >= 0.6 is 0 Å². The largest absolute Gasteiger partial charge is 0.458 e. The monoisotopic (exact) mass is 384 g/mol.